The fourth-order valence-electron chi connectivity index (χ4n) is 2.49. The average Bonchev–Trinajstić information content (AvgIpc) is 2.98. The van der Waals surface area contributed by atoms with Crippen molar-refractivity contribution in [2.75, 3.05) is 6.66 Å². The Kier molecular flexibility index (Phi) is 5.35. The number of benzene rings is 2. The van der Waals surface area contributed by atoms with Crippen LogP contribution in [-0.2, 0) is 15.5 Å². The quantitative estimate of drug-likeness (QED) is 0.504. The smallest absolute Gasteiger partial charge is 0.325 e. The van der Waals surface area contributed by atoms with Gasteiger partial charge in [0.25, 0.3) is 5.91 Å². The molecule has 0 saturated heterocycles. The third-order valence-corrected chi connectivity index (χ3v) is 5.29. The zero-order valence-electron chi connectivity index (χ0n) is 13.6. The van der Waals surface area contributed by atoms with Crippen LogP contribution in [-0.4, -0.2) is 23.7 Å². The molecule has 0 saturated carbocycles. The lowest BCUT2D eigenvalue weighted by molar-refractivity contribution is 0.0817. The van der Waals surface area contributed by atoms with Crippen LogP contribution in [0.15, 0.2) is 60.7 Å². The lowest BCUT2D eigenvalue weighted by Gasteiger charge is -2.20. The summed E-state index contributed by atoms with van der Waals surface area (Å²) in [5.41, 5.74) is 0.901. The summed E-state index contributed by atoms with van der Waals surface area (Å²) in [6.07, 6.45) is -0.587. The maximum absolute atomic E-state index is 12.5. The van der Waals surface area contributed by atoms with E-state index in [1.807, 2.05) is 54.6 Å². The van der Waals surface area contributed by atoms with Gasteiger partial charge in [-0.05, 0) is 23.1 Å². The van der Waals surface area contributed by atoms with Gasteiger partial charge in [0.15, 0.2) is 0 Å². The molecule has 1 aromatic heterocycles. The largest absolute Gasteiger partial charge is 0.327 e. The average molecular weight is 375 g/mol. The minimum atomic E-state index is -3.75. The van der Waals surface area contributed by atoms with Crippen molar-refractivity contribution in [2.24, 2.45) is 0 Å². The molecule has 0 aliphatic rings. The first-order valence-corrected chi connectivity index (χ1v) is 10.6. The summed E-state index contributed by atoms with van der Waals surface area (Å²) in [7, 11) is -3.75. The molecule has 1 heterocycles. The van der Waals surface area contributed by atoms with E-state index in [1.165, 1.54) is 11.3 Å². The predicted molar refractivity (Wildman–Crippen MR) is 100 cm³/mol. The molecule has 130 valence electrons. The highest BCUT2D eigenvalue weighted by molar-refractivity contribution is 7.51. The third kappa shape index (κ3) is 5.00. The van der Waals surface area contributed by atoms with Crippen molar-refractivity contribution in [3.63, 3.8) is 0 Å². The minimum Gasteiger partial charge on any atom is -0.325 e. The van der Waals surface area contributed by atoms with Crippen LogP contribution in [0.1, 0.15) is 15.2 Å². The molecule has 0 spiro atoms. The van der Waals surface area contributed by atoms with Crippen LogP contribution in [0.2, 0.25) is 0 Å². The molecule has 0 bridgehead atoms. The predicted octanol–water partition coefficient (Wildman–Crippen LogP) is 4.03. The van der Waals surface area contributed by atoms with Gasteiger partial charge in [0.2, 0.25) is 0 Å². The number of rotatable bonds is 6. The second-order valence-corrected chi connectivity index (χ2v) is 8.61. The number of hydrogen-bond acceptors (Lipinski definition) is 4. The molecule has 25 heavy (non-hydrogen) atoms. The van der Waals surface area contributed by atoms with Gasteiger partial charge in [-0.25, -0.2) is 0 Å². The van der Waals surface area contributed by atoms with E-state index in [0.29, 0.717) is 11.3 Å². The summed E-state index contributed by atoms with van der Waals surface area (Å²) in [5, 5.41) is 3.70. The fraction of sp³-hybridized carbons (Fsp3) is 0.167. The summed E-state index contributed by atoms with van der Waals surface area (Å²) in [6, 6.07) is 18.9. The van der Waals surface area contributed by atoms with Crippen LogP contribution in [0.25, 0.3) is 10.1 Å². The van der Waals surface area contributed by atoms with Gasteiger partial charge in [-0.15, -0.1) is 11.3 Å². The van der Waals surface area contributed by atoms with E-state index in [0.717, 1.165) is 22.3 Å². The van der Waals surface area contributed by atoms with Crippen molar-refractivity contribution in [3.8, 4) is 0 Å². The van der Waals surface area contributed by atoms with E-state index < -0.39 is 13.8 Å². The zero-order valence-corrected chi connectivity index (χ0v) is 15.3. The maximum Gasteiger partial charge on any atom is 0.327 e. The Balaban J connectivity index is 1.78. The lowest BCUT2D eigenvalue weighted by atomic mass is 10.1. The summed E-state index contributed by atoms with van der Waals surface area (Å²) < 4.78 is 17.9. The van der Waals surface area contributed by atoms with Gasteiger partial charge >= 0.3 is 7.60 Å². The molecule has 3 aromatic rings. The lowest BCUT2D eigenvalue weighted by Crippen LogP contribution is -2.37. The van der Waals surface area contributed by atoms with E-state index in [4.69, 9.17) is 4.52 Å². The number of amides is 1. The Hall–Kier alpha value is -1.98. The van der Waals surface area contributed by atoms with Gasteiger partial charge in [-0.3, -0.25) is 13.9 Å². The Morgan fingerprint density at radius 2 is 1.88 bits per heavy atom. The van der Waals surface area contributed by atoms with E-state index in [1.54, 1.807) is 6.07 Å². The van der Waals surface area contributed by atoms with Crippen LogP contribution in [0, 0.1) is 0 Å². The maximum atomic E-state index is 12.5. The van der Waals surface area contributed by atoms with Crippen molar-refractivity contribution in [3.05, 3.63) is 71.1 Å². The van der Waals surface area contributed by atoms with E-state index in [-0.39, 0.29) is 5.91 Å². The molecule has 5 nitrogen and oxygen atoms in total. The van der Waals surface area contributed by atoms with Crippen LogP contribution < -0.4 is 5.32 Å². The number of nitrogens with one attached hydrogen (secondary N) is 1. The minimum absolute atomic E-state index is 0.301. The molecule has 2 aromatic carbocycles. The first kappa shape index (κ1) is 17.8. The Morgan fingerprint density at radius 1 is 1.20 bits per heavy atom. The highest BCUT2D eigenvalue weighted by Crippen LogP contribution is 2.38. The van der Waals surface area contributed by atoms with Crippen LogP contribution in [0.4, 0.5) is 0 Å². The van der Waals surface area contributed by atoms with E-state index in [9.17, 15) is 14.3 Å². The Bertz CT molecular complexity index is 886. The van der Waals surface area contributed by atoms with Gasteiger partial charge in [-0.2, -0.15) is 0 Å². The van der Waals surface area contributed by atoms with Gasteiger partial charge in [0.1, 0.15) is 6.23 Å². The van der Waals surface area contributed by atoms with Crippen molar-refractivity contribution < 1.29 is 18.8 Å². The van der Waals surface area contributed by atoms with Crippen molar-refractivity contribution in [1.82, 2.24) is 5.32 Å². The highest BCUT2D eigenvalue weighted by atomic mass is 32.1. The first-order valence-electron chi connectivity index (χ1n) is 7.73. The molecule has 7 heteroatoms. The summed E-state index contributed by atoms with van der Waals surface area (Å²) in [4.78, 5) is 22.6. The number of carbonyl (C=O) groups is 1. The van der Waals surface area contributed by atoms with Crippen LogP contribution in [0.5, 0.6) is 0 Å². The van der Waals surface area contributed by atoms with Crippen LogP contribution in [0.3, 0.4) is 0 Å². The summed E-state index contributed by atoms with van der Waals surface area (Å²) >= 11 is 1.37. The van der Waals surface area contributed by atoms with Crippen LogP contribution >= 0.6 is 18.9 Å². The fourth-order valence-corrected chi connectivity index (χ4v) is 4.06. The monoisotopic (exact) mass is 375 g/mol. The first-order chi connectivity index (χ1) is 11.9. The van der Waals surface area contributed by atoms with Gasteiger partial charge in [0, 0.05) is 17.8 Å². The topological polar surface area (TPSA) is 75.6 Å². The molecule has 2 N–H and O–H groups in total. The Labute approximate surface area is 149 Å². The number of fused-ring (bicyclic) bond motifs is 1. The van der Waals surface area contributed by atoms with Gasteiger partial charge in [0.05, 0.1) is 4.88 Å². The van der Waals surface area contributed by atoms with Crippen molar-refractivity contribution in [1.29, 1.82) is 0 Å². The summed E-state index contributed by atoms with van der Waals surface area (Å²) in [5.74, 6) is -0.324. The second-order valence-electron chi connectivity index (χ2n) is 5.71. The van der Waals surface area contributed by atoms with Gasteiger partial charge < -0.3 is 10.2 Å². The second kappa shape index (κ2) is 7.50. The molecular weight excluding hydrogens is 357 g/mol. The molecule has 1 amide bonds. The van der Waals surface area contributed by atoms with Gasteiger partial charge in [-0.1, -0.05) is 48.5 Å². The molecule has 0 fully saturated rings. The molecule has 1 unspecified atom stereocenters. The molecule has 2 atom stereocenters. The van der Waals surface area contributed by atoms with Crippen molar-refractivity contribution in [2.45, 2.75) is 12.6 Å². The van der Waals surface area contributed by atoms with E-state index >= 15 is 0 Å². The standard InChI is InChI=1S/C18H18NO4PS/c1-24(21,22)23-17(11-13-7-3-2-4-8-13)19-18(20)16-12-14-9-5-6-10-15(14)25-16/h2-10,12,17H,11H2,1H3,(H,19,20)(H,21,22)/t17-/m0/s1. The number of hydrogen-bond donors (Lipinski definition) is 2. The summed E-state index contributed by atoms with van der Waals surface area (Å²) in [6.45, 7) is 1.11. The molecule has 0 aliphatic heterocycles. The highest BCUT2D eigenvalue weighted by Gasteiger charge is 2.23. The molecule has 0 aliphatic carbocycles. The van der Waals surface area contributed by atoms with E-state index in [2.05, 4.69) is 5.32 Å². The SMILES string of the molecule is CP(=O)(O)O[C@@H](Cc1ccccc1)NC(=O)c1cc2ccccc2s1. The number of carbonyl (C=O) groups excluding carboxylic acids is 1. The Morgan fingerprint density at radius 3 is 2.56 bits per heavy atom. The normalized spacial score (nSPS) is 14.8. The van der Waals surface area contributed by atoms with Crippen molar-refractivity contribution >= 4 is 34.9 Å². The number of thiophene rings is 1. The molecular formula is C18H18NO4PS. The third-order valence-electron chi connectivity index (χ3n) is 3.53. The zero-order chi connectivity index (χ0) is 17.9. The molecule has 0 radical (unpaired) electrons. The molecule has 3 rings (SSSR count).